The van der Waals surface area contributed by atoms with Gasteiger partial charge in [-0.1, -0.05) is 12.1 Å². The van der Waals surface area contributed by atoms with Crippen LogP contribution in [0.25, 0.3) is 0 Å². The van der Waals surface area contributed by atoms with Crippen molar-refractivity contribution in [2.24, 2.45) is 19.2 Å². The fourth-order valence-electron chi connectivity index (χ4n) is 3.01. The summed E-state index contributed by atoms with van der Waals surface area (Å²) >= 11 is 0. The third-order valence-electron chi connectivity index (χ3n) is 4.54. The van der Waals surface area contributed by atoms with Gasteiger partial charge >= 0.3 is 5.69 Å². The largest absolute Gasteiger partial charge is 0.497 e. The van der Waals surface area contributed by atoms with Crippen molar-refractivity contribution in [3.63, 3.8) is 0 Å². The maximum Gasteiger partial charge on any atom is 0.333 e. The highest BCUT2D eigenvalue weighted by Crippen LogP contribution is 2.32. The van der Waals surface area contributed by atoms with Gasteiger partial charge in [0.15, 0.2) is 0 Å². The third kappa shape index (κ3) is 2.69. The number of hydrogen-bond donors (Lipinski definition) is 1. The normalized spacial score (nSPS) is 16.9. The van der Waals surface area contributed by atoms with E-state index in [2.05, 4.69) is 5.10 Å². The molecule has 1 aromatic heterocycles. The van der Waals surface area contributed by atoms with E-state index in [0.29, 0.717) is 12.1 Å². The molecule has 2 heterocycles. The Hall–Kier alpha value is -3.03. The van der Waals surface area contributed by atoms with E-state index in [4.69, 9.17) is 4.74 Å². The van der Waals surface area contributed by atoms with Gasteiger partial charge in [0.1, 0.15) is 11.3 Å². The highest BCUT2D eigenvalue weighted by atomic mass is 16.5. The van der Waals surface area contributed by atoms with E-state index in [0.717, 1.165) is 20.4 Å². The fraction of sp³-hybridized carbons (Fsp3) is 0.353. The van der Waals surface area contributed by atoms with Gasteiger partial charge in [-0.05, 0) is 17.7 Å². The standard InChI is InChI=1S/C17H20N4O4/c1-19-15(22)14(16(23)20(2)17(19)24)12-9-13(21(3)18-12)10-5-7-11(25-4)8-6-10/h5-8,13,22H,9H2,1-4H3. The van der Waals surface area contributed by atoms with E-state index < -0.39 is 11.2 Å². The number of aromatic nitrogens is 2. The van der Waals surface area contributed by atoms with Crippen molar-refractivity contribution in [1.82, 2.24) is 14.1 Å². The molecule has 132 valence electrons. The highest BCUT2D eigenvalue weighted by Gasteiger charge is 2.30. The molecule has 3 rings (SSSR count). The van der Waals surface area contributed by atoms with Crippen molar-refractivity contribution in [2.75, 3.05) is 14.2 Å². The second kappa shape index (κ2) is 6.12. The average molecular weight is 344 g/mol. The molecule has 25 heavy (non-hydrogen) atoms. The van der Waals surface area contributed by atoms with Crippen LogP contribution in [0, 0.1) is 0 Å². The molecule has 0 radical (unpaired) electrons. The Balaban J connectivity index is 2.00. The second-order valence-corrected chi connectivity index (χ2v) is 6.02. The number of hydrogen-bond acceptors (Lipinski definition) is 6. The number of rotatable bonds is 3. The van der Waals surface area contributed by atoms with E-state index in [9.17, 15) is 14.7 Å². The zero-order chi connectivity index (χ0) is 18.3. The van der Waals surface area contributed by atoms with Gasteiger partial charge in [-0.15, -0.1) is 0 Å². The minimum Gasteiger partial charge on any atom is -0.497 e. The van der Waals surface area contributed by atoms with Gasteiger partial charge in [0.05, 0.1) is 18.9 Å². The molecule has 8 nitrogen and oxygen atoms in total. The summed E-state index contributed by atoms with van der Waals surface area (Å²) in [6, 6.07) is 7.55. The van der Waals surface area contributed by atoms with Gasteiger partial charge in [0.2, 0.25) is 5.88 Å². The minimum atomic E-state index is -0.579. The lowest BCUT2D eigenvalue weighted by molar-refractivity contribution is 0.289. The molecule has 0 aliphatic carbocycles. The number of aromatic hydroxyl groups is 1. The number of ether oxygens (including phenoxy) is 1. The quantitative estimate of drug-likeness (QED) is 0.880. The first-order valence-corrected chi connectivity index (χ1v) is 7.78. The molecular weight excluding hydrogens is 324 g/mol. The lowest BCUT2D eigenvalue weighted by Crippen LogP contribution is -2.39. The first-order valence-electron chi connectivity index (χ1n) is 7.78. The predicted octanol–water partition coefficient (Wildman–Crippen LogP) is 0.579. The van der Waals surface area contributed by atoms with Crippen molar-refractivity contribution in [1.29, 1.82) is 0 Å². The first-order chi connectivity index (χ1) is 11.8. The van der Waals surface area contributed by atoms with E-state index >= 15 is 0 Å². The lowest BCUT2D eigenvalue weighted by Gasteiger charge is -2.19. The molecule has 0 amide bonds. The van der Waals surface area contributed by atoms with Crippen LogP contribution in [0.15, 0.2) is 39.0 Å². The fourth-order valence-corrected chi connectivity index (χ4v) is 3.01. The van der Waals surface area contributed by atoms with Crippen molar-refractivity contribution in [2.45, 2.75) is 12.5 Å². The van der Waals surface area contributed by atoms with Crippen LogP contribution in [0.2, 0.25) is 0 Å². The molecule has 0 spiro atoms. The Kier molecular flexibility index (Phi) is 4.12. The maximum atomic E-state index is 12.5. The van der Waals surface area contributed by atoms with Crippen molar-refractivity contribution in [3.8, 4) is 11.6 Å². The summed E-state index contributed by atoms with van der Waals surface area (Å²) in [5.41, 5.74) is 0.403. The molecule has 0 saturated carbocycles. The Morgan fingerprint density at radius 1 is 1.12 bits per heavy atom. The van der Waals surface area contributed by atoms with Crippen LogP contribution in [0.1, 0.15) is 23.6 Å². The minimum absolute atomic E-state index is 0.0625. The van der Waals surface area contributed by atoms with Crippen LogP contribution in [-0.4, -0.2) is 39.1 Å². The van der Waals surface area contributed by atoms with Gasteiger partial charge in [-0.3, -0.25) is 18.9 Å². The first kappa shape index (κ1) is 16.8. The maximum absolute atomic E-state index is 12.5. The molecule has 8 heteroatoms. The summed E-state index contributed by atoms with van der Waals surface area (Å²) in [7, 11) is 6.22. The third-order valence-corrected chi connectivity index (χ3v) is 4.54. The zero-order valence-electron chi connectivity index (χ0n) is 14.6. The SMILES string of the molecule is COc1ccc(C2CC(c3c(O)n(C)c(=O)n(C)c3=O)=NN2C)cc1. The Labute approximate surface area is 144 Å². The smallest absolute Gasteiger partial charge is 0.333 e. The van der Waals surface area contributed by atoms with Gasteiger partial charge < -0.3 is 9.84 Å². The van der Waals surface area contributed by atoms with Crippen LogP contribution in [-0.2, 0) is 14.1 Å². The topological polar surface area (TPSA) is 89.1 Å². The van der Waals surface area contributed by atoms with Gasteiger partial charge in [-0.25, -0.2) is 4.79 Å². The summed E-state index contributed by atoms with van der Waals surface area (Å²) in [6.45, 7) is 0. The Bertz CT molecular complexity index is 956. The molecular formula is C17H20N4O4. The second-order valence-electron chi connectivity index (χ2n) is 6.02. The van der Waals surface area contributed by atoms with Crippen LogP contribution in [0.5, 0.6) is 11.6 Å². The van der Waals surface area contributed by atoms with Crippen LogP contribution in [0.3, 0.4) is 0 Å². The number of nitrogens with zero attached hydrogens (tertiary/aromatic N) is 4. The molecule has 0 fully saturated rings. The van der Waals surface area contributed by atoms with Crippen molar-refractivity contribution >= 4 is 5.71 Å². The Morgan fingerprint density at radius 3 is 2.36 bits per heavy atom. The molecule has 1 aromatic carbocycles. The van der Waals surface area contributed by atoms with Gasteiger partial charge in [-0.2, -0.15) is 5.10 Å². The Morgan fingerprint density at radius 2 is 1.76 bits per heavy atom. The molecule has 1 aliphatic rings. The summed E-state index contributed by atoms with van der Waals surface area (Å²) in [5, 5.41) is 16.5. The zero-order valence-corrected chi connectivity index (χ0v) is 14.6. The molecule has 1 atom stereocenters. The monoisotopic (exact) mass is 344 g/mol. The van der Waals surface area contributed by atoms with Crippen molar-refractivity contribution < 1.29 is 9.84 Å². The molecule has 2 aromatic rings. The lowest BCUT2D eigenvalue weighted by atomic mass is 9.99. The molecule has 0 bridgehead atoms. The van der Waals surface area contributed by atoms with Crippen LogP contribution >= 0.6 is 0 Å². The highest BCUT2D eigenvalue weighted by molar-refractivity contribution is 6.03. The van der Waals surface area contributed by atoms with Gasteiger partial charge in [0, 0.05) is 27.6 Å². The summed E-state index contributed by atoms with van der Waals surface area (Å²) in [6.07, 6.45) is 0.448. The molecule has 1 unspecified atom stereocenters. The summed E-state index contributed by atoms with van der Waals surface area (Å²) < 4.78 is 7.18. The molecule has 1 aliphatic heterocycles. The van der Waals surface area contributed by atoms with Crippen molar-refractivity contribution in [3.05, 3.63) is 56.2 Å². The van der Waals surface area contributed by atoms with E-state index in [1.54, 1.807) is 12.1 Å². The van der Waals surface area contributed by atoms with E-state index in [-0.39, 0.29) is 17.5 Å². The van der Waals surface area contributed by atoms with Crippen LogP contribution in [0.4, 0.5) is 0 Å². The molecule has 1 N–H and O–H groups in total. The number of benzene rings is 1. The van der Waals surface area contributed by atoms with E-state index in [1.807, 2.05) is 31.3 Å². The summed E-state index contributed by atoms with van der Waals surface area (Å²) in [5.74, 6) is 0.394. The summed E-state index contributed by atoms with van der Waals surface area (Å²) in [4.78, 5) is 24.3. The molecule has 0 saturated heterocycles. The number of hydrazone groups is 1. The van der Waals surface area contributed by atoms with Crippen LogP contribution < -0.4 is 16.0 Å². The van der Waals surface area contributed by atoms with Gasteiger partial charge in [0.25, 0.3) is 5.56 Å². The van der Waals surface area contributed by atoms with E-state index in [1.165, 1.54) is 14.1 Å². The predicted molar refractivity (Wildman–Crippen MR) is 93.2 cm³/mol. The average Bonchev–Trinajstić information content (AvgIpc) is 3.00. The number of methoxy groups -OCH3 is 1.